The van der Waals surface area contributed by atoms with Crippen molar-refractivity contribution >= 4 is 50.5 Å². The van der Waals surface area contributed by atoms with Gasteiger partial charge in [-0.25, -0.2) is 14.5 Å². The zero-order valence-corrected chi connectivity index (χ0v) is 30.1. The van der Waals surface area contributed by atoms with Gasteiger partial charge >= 0.3 is 19.8 Å². The number of anilines is 1. The van der Waals surface area contributed by atoms with Crippen molar-refractivity contribution in [2.24, 2.45) is 0 Å². The van der Waals surface area contributed by atoms with Gasteiger partial charge < -0.3 is 33.5 Å². The van der Waals surface area contributed by atoms with Crippen molar-refractivity contribution in [3.05, 3.63) is 66.0 Å². The van der Waals surface area contributed by atoms with Crippen molar-refractivity contribution in [1.29, 1.82) is 0 Å². The van der Waals surface area contributed by atoms with Gasteiger partial charge in [0, 0.05) is 44.9 Å². The lowest BCUT2D eigenvalue weighted by molar-refractivity contribution is -0.145. The molecule has 2 unspecified atom stereocenters. The molecule has 0 aliphatic carbocycles. The van der Waals surface area contributed by atoms with E-state index in [9.17, 15) is 28.6 Å². The van der Waals surface area contributed by atoms with E-state index in [1.54, 1.807) is 17.1 Å². The minimum Gasteiger partial charge on any atom is -0.464 e. The fraction of sp³-hybridized carbons (Fsp3) is 0.455. The van der Waals surface area contributed by atoms with Gasteiger partial charge in [0.15, 0.2) is 6.10 Å². The molecule has 2 aromatic heterocycles. The molecule has 20 heteroatoms. The second-order valence-electron chi connectivity index (χ2n) is 11.0. The third-order valence-corrected chi connectivity index (χ3v) is 7.96. The Morgan fingerprint density at radius 3 is 2.45 bits per heavy atom. The Bertz CT molecular complexity index is 1610. The molecule has 3 aromatic rings. The molecule has 0 aliphatic rings. The predicted molar refractivity (Wildman–Crippen MR) is 185 cm³/mol. The molecule has 288 valence electrons. The molecule has 3 rings (SSSR count). The summed E-state index contributed by atoms with van der Waals surface area (Å²) in [4.78, 5) is 64.5. The third kappa shape index (κ3) is 18.3. The van der Waals surface area contributed by atoms with Gasteiger partial charge in [0.25, 0.3) is 12.9 Å². The second-order valence-corrected chi connectivity index (χ2v) is 12.5. The number of phosphoric ester groups is 1. The summed E-state index contributed by atoms with van der Waals surface area (Å²) in [5.74, 6) is -0.982. The predicted octanol–water partition coefficient (Wildman–Crippen LogP) is 2.39. The zero-order valence-electron chi connectivity index (χ0n) is 29.2. The number of benzene rings is 1. The molecule has 1 N–H and O–H groups in total. The molecule has 2 atom stereocenters. The van der Waals surface area contributed by atoms with E-state index in [2.05, 4.69) is 39.2 Å². The maximum Gasteiger partial charge on any atom is 0.472 e. The molecule has 0 aliphatic heterocycles. The average Bonchev–Trinajstić information content (AvgIpc) is 3.63. The highest BCUT2D eigenvalue weighted by atomic mass is 31.2. The summed E-state index contributed by atoms with van der Waals surface area (Å²) in [5, 5.41) is 8.19. The van der Waals surface area contributed by atoms with Crippen LogP contribution < -0.4 is 4.90 Å². The van der Waals surface area contributed by atoms with Crippen molar-refractivity contribution in [3.8, 4) is 0 Å². The lowest BCUT2D eigenvalue weighted by Crippen LogP contribution is -2.24. The van der Waals surface area contributed by atoms with Gasteiger partial charge in [0.1, 0.15) is 31.8 Å². The molecule has 1 aromatic carbocycles. The molecule has 53 heavy (non-hydrogen) atoms. The molecular weight excluding hydrogens is 719 g/mol. The van der Waals surface area contributed by atoms with E-state index in [4.69, 9.17) is 18.7 Å². The number of hydrogen-bond donors (Lipinski definition) is 1. The number of ether oxygens (including phenoxy) is 5. The molecule has 0 radical (unpaired) electrons. The number of hydrogen-bond acceptors (Lipinski definition) is 17. The lowest BCUT2D eigenvalue weighted by atomic mass is 10.1. The average molecular weight is 763 g/mol. The van der Waals surface area contributed by atoms with Crippen molar-refractivity contribution in [1.82, 2.24) is 25.0 Å². The Morgan fingerprint density at radius 2 is 1.72 bits per heavy atom. The van der Waals surface area contributed by atoms with Crippen molar-refractivity contribution in [3.63, 3.8) is 0 Å². The van der Waals surface area contributed by atoms with E-state index in [1.807, 2.05) is 49.5 Å². The minimum atomic E-state index is -4.51. The van der Waals surface area contributed by atoms with Crippen LogP contribution in [0.4, 0.5) is 5.69 Å². The van der Waals surface area contributed by atoms with Gasteiger partial charge in [0.05, 0.1) is 38.3 Å². The summed E-state index contributed by atoms with van der Waals surface area (Å²) in [6.45, 7) is 0.569. The van der Waals surface area contributed by atoms with E-state index < -0.39 is 32.5 Å². The van der Waals surface area contributed by atoms with E-state index >= 15 is 0 Å². The van der Waals surface area contributed by atoms with Crippen LogP contribution >= 0.6 is 7.82 Å². The van der Waals surface area contributed by atoms with Crippen LogP contribution in [0, 0.1) is 0 Å². The van der Waals surface area contributed by atoms with Gasteiger partial charge in [0.2, 0.25) is 0 Å². The normalized spacial score (nSPS) is 12.8. The van der Waals surface area contributed by atoms with Crippen LogP contribution in [0.25, 0.3) is 12.2 Å². The van der Waals surface area contributed by atoms with Crippen molar-refractivity contribution < 1.29 is 61.4 Å². The minimum absolute atomic E-state index is 0.00186. The topological polar surface area (TPSA) is 230 Å². The Kier molecular flexibility index (Phi) is 19.4. The highest BCUT2D eigenvalue weighted by Crippen LogP contribution is 2.43. The van der Waals surface area contributed by atoms with Crippen LogP contribution in [-0.2, 0) is 69.6 Å². The van der Waals surface area contributed by atoms with Crippen LogP contribution in [0.1, 0.15) is 42.6 Å². The van der Waals surface area contributed by atoms with E-state index in [0.717, 1.165) is 16.9 Å². The molecule has 19 nitrogen and oxygen atoms in total. The van der Waals surface area contributed by atoms with Crippen LogP contribution in [0.15, 0.2) is 49.1 Å². The zero-order chi connectivity index (χ0) is 38.2. The number of carbonyl (C=O) groups excluding carboxylic acids is 4. The molecular formula is C33H43N6O13P. The second kappa shape index (κ2) is 24.2. The maximum absolute atomic E-state index is 12.1. The summed E-state index contributed by atoms with van der Waals surface area (Å²) in [7, 11) is -2.51. The Labute approximate surface area is 305 Å². The third-order valence-electron chi connectivity index (χ3n) is 6.98. The van der Waals surface area contributed by atoms with Crippen LogP contribution in [-0.4, -0.2) is 114 Å². The lowest BCUT2D eigenvalue weighted by Gasteiger charge is -2.19. The molecule has 0 amide bonds. The van der Waals surface area contributed by atoms with Crippen LogP contribution in [0.5, 0.6) is 0 Å². The first-order valence-corrected chi connectivity index (χ1v) is 18.0. The van der Waals surface area contributed by atoms with E-state index in [1.165, 1.54) is 6.33 Å². The number of aromatic nitrogens is 5. The number of nitrogens with zero attached hydrogens (tertiary/aromatic N) is 6. The van der Waals surface area contributed by atoms with Crippen molar-refractivity contribution in [2.45, 2.75) is 44.9 Å². The van der Waals surface area contributed by atoms with Crippen LogP contribution in [0.2, 0.25) is 0 Å². The smallest absolute Gasteiger partial charge is 0.464 e. The molecule has 2 heterocycles. The fourth-order valence-electron chi connectivity index (χ4n) is 4.21. The Balaban J connectivity index is 1.18. The van der Waals surface area contributed by atoms with Gasteiger partial charge in [-0.1, -0.05) is 23.4 Å². The highest BCUT2D eigenvalue weighted by molar-refractivity contribution is 7.47. The number of esters is 2. The SMILES string of the molecule is CN(CCn1cc(COC(=O)CCCOCCOC(=O)CCCOP(=O)(O)OCC(COC=O)OC=O)nn1)c1ccc(/C=C/c2ccncn2)cc1. The largest absolute Gasteiger partial charge is 0.472 e. The van der Waals surface area contributed by atoms with Crippen LogP contribution in [0.3, 0.4) is 0 Å². The maximum atomic E-state index is 12.1. The van der Waals surface area contributed by atoms with Gasteiger partial charge in [-0.2, -0.15) is 0 Å². The van der Waals surface area contributed by atoms with Gasteiger partial charge in [-0.15, -0.1) is 5.10 Å². The number of phosphoric acid groups is 1. The Hall–Kier alpha value is -5.07. The fourth-order valence-corrected chi connectivity index (χ4v) is 5.00. The summed E-state index contributed by atoms with van der Waals surface area (Å²) in [6, 6.07) is 9.98. The Morgan fingerprint density at radius 1 is 0.943 bits per heavy atom. The first kappa shape index (κ1) is 42.3. The number of rotatable bonds is 28. The monoisotopic (exact) mass is 762 g/mol. The summed E-state index contributed by atoms with van der Waals surface area (Å²) >= 11 is 0. The first-order valence-electron chi connectivity index (χ1n) is 16.5. The first-order chi connectivity index (χ1) is 25.7. The molecule has 0 saturated carbocycles. The summed E-state index contributed by atoms with van der Waals surface area (Å²) in [6.07, 6.45) is 8.26. The molecule has 0 saturated heterocycles. The number of likely N-dealkylation sites (N-methyl/N-ethyl adjacent to an activating group) is 1. The van der Waals surface area contributed by atoms with Gasteiger partial charge in [-0.3, -0.25) is 32.9 Å². The van der Waals surface area contributed by atoms with E-state index in [-0.39, 0.29) is 71.8 Å². The van der Waals surface area contributed by atoms with E-state index in [0.29, 0.717) is 25.2 Å². The molecule has 0 spiro atoms. The summed E-state index contributed by atoms with van der Waals surface area (Å²) in [5.41, 5.74) is 3.47. The van der Waals surface area contributed by atoms with Crippen molar-refractivity contribution in [2.75, 3.05) is 58.1 Å². The molecule has 0 fully saturated rings. The van der Waals surface area contributed by atoms with Gasteiger partial charge in [-0.05, 0) is 42.7 Å². The number of carbonyl (C=O) groups is 4. The highest BCUT2D eigenvalue weighted by Gasteiger charge is 2.24. The molecule has 0 bridgehead atoms. The standard InChI is InChI=1S/C33H43N6O13P/c1-38(30-10-7-27(8-11-30)6-9-28-12-13-34-24-35-28)14-15-39-20-29(36-37-39)21-49-33(43)4-2-16-46-18-19-48-32(42)5-3-17-51-53(44,45)52-23-31(50-26-41)22-47-25-40/h6-13,20,24-26,31H,2-5,14-19,21-23H2,1H3,(H,44,45)/b9-6+. The quantitative estimate of drug-likeness (QED) is 0.0368. The summed E-state index contributed by atoms with van der Waals surface area (Å²) < 4.78 is 47.7.